The molecule has 0 spiro atoms. The first-order valence-electron chi connectivity index (χ1n) is 6.51. The highest BCUT2D eigenvalue weighted by atomic mass is 15.3. The normalized spacial score (nSPS) is 16.8. The van der Waals surface area contributed by atoms with Gasteiger partial charge in [0.05, 0.1) is 5.69 Å². The van der Waals surface area contributed by atoms with Gasteiger partial charge < -0.3 is 5.73 Å². The summed E-state index contributed by atoms with van der Waals surface area (Å²) in [5.74, 6) is 0. The van der Waals surface area contributed by atoms with Crippen molar-refractivity contribution in [2.75, 3.05) is 6.54 Å². The van der Waals surface area contributed by atoms with Crippen LogP contribution >= 0.6 is 0 Å². The molecule has 1 heterocycles. The summed E-state index contributed by atoms with van der Waals surface area (Å²) in [5.41, 5.74) is 9.74. The van der Waals surface area contributed by atoms with Gasteiger partial charge in [0.15, 0.2) is 0 Å². The van der Waals surface area contributed by atoms with Gasteiger partial charge in [-0.1, -0.05) is 30.3 Å². The van der Waals surface area contributed by atoms with Crippen LogP contribution in [0.4, 0.5) is 0 Å². The Bertz CT molecular complexity index is 538. The van der Waals surface area contributed by atoms with Gasteiger partial charge in [-0.25, -0.2) is 0 Å². The predicted molar refractivity (Wildman–Crippen MR) is 73.1 cm³/mol. The molecule has 2 N–H and O–H groups in total. The topological polar surface area (TPSA) is 43.8 Å². The van der Waals surface area contributed by atoms with Gasteiger partial charge >= 0.3 is 0 Å². The first kappa shape index (κ1) is 11.5. The van der Waals surface area contributed by atoms with Crippen molar-refractivity contribution in [3.8, 4) is 11.3 Å². The van der Waals surface area contributed by atoms with Gasteiger partial charge in [0.2, 0.25) is 0 Å². The molecule has 2 aromatic rings. The highest BCUT2D eigenvalue weighted by molar-refractivity contribution is 5.59. The van der Waals surface area contributed by atoms with Crippen molar-refractivity contribution < 1.29 is 0 Å². The summed E-state index contributed by atoms with van der Waals surface area (Å²) in [5, 5.41) is 4.60. The number of hydrogen-bond acceptors (Lipinski definition) is 2. The second kappa shape index (κ2) is 4.25. The summed E-state index contributed by atoms with van der Waals surface area (Å²) in [6.07, 6.45) is 3.57. The first-order chi connectivity index (χ1) is 8.72. The second-order valence-corrected chi connectivity index (χ2v) is 5.39. The van der Waals surface area contributed by atoms with E-state index in [1.807, 2.05) is 29.9 Å². The van der Waals surface area contributed by atoms with E-state index in [-0.39, 0.29) is 0 Å². The van der Waals surface area contributed by atoms with E-state index in [1.165, 1.54) is 24.1 Å². The van der Waals surface area contributed by atoms with Crippen molar-refractivity contribution in [1.82, 2.24) is 9.78 Å². The van der Waals surface area contributed by atoms with Crippen LogP contribution in [-0.4, -0.2) is 16.3 Å². The molecule has 3 rings (SSSR count). The van der Waals surface area contributed by atoms with Crippen LogP contribution in [0.1, 0.15) is 18.5 Å². The molecule has 3 heteroatoms. The molecule has 0 unspecified atom stereocenters. The predicted octanol–water partition coefficient (Wildman–Crippen LogP) is 2.37. The van der Waals surface area contributed by atoms with E-state index >= 15 is 0 Å². The average Bonchev–Trinajstić information content (AvgIpc) is 3.09. The molecule has 1 aromatic carbocycles. The molecular weight excluding hydrogens is 222 g/mol. The maximum Gasteiger partial charge on any atom is 0.0925 e. The minimum absolute atomic E-state index is 0.363. The van der Waals surface area contributed by atoms with Crippen LogP contribution in [0.25, 0.3) is 11.3 Å². The van der Waals surface area contributed by atoms with E-state index in [2.05, 4.69) is 23.3 Å². The molecule has 0 amide bonds. The van der Waals surface area contributed by atoms with Crippen LogP contribution in [0.2, 0.25) is 0 Å². The fourth-order valence-electron chi connectivity index (χ4n) is 2.44. The fraction of sp³-hybridized carbons (Fsp3) is 0.400. The zero-order valence-electron chi connectivity index (χ0n) is 10.8. The molecule has 1 aromatic heterocycles. The second-order valence-electron chi connectivity index (χ2n) is 5.39. The molecule has 0 atom stereocenters. The molecule has 0 aliphatic heterocycles. The maximum atomic E-state index is 5.85. The van der Waals surface area contributed by atoms with Crippen LogP contribution in [0.15, 0.2) is 36.4 Å². The van der Waals surface area contributed by atoms with Crippen molar-refractivity contribution in [2.24, 2.45) is 18.2 Å². The summed E-state index contributed by atoms with van der Waals surface area (Å²) in [6.45, 7) is 0.791. The lowest BCUT2D eigenvalue weighted by Gasteiger charge is -2.11. The van der Waals surface area contributed by atoms with Crippen molar-refractivity contribution in [1.29, 1.82) is 0 Å². The number of benzene rings is 1. The molecule has 1 saturated carbocycles. The SMILES string of the molecule is Cn1nc(-c2ccccc2)cc1CC1(CN)CC1. The molecule has 0 bridgehead atoms. The largest absolute Gasteiger partial charge is 0.330 e. The Morgan fingerprint density at radius 2 is 2.00 bits per heavy atom. The van der Waals surface area contributed by atoms with E-state index in [0.29, 0.717) is 5.41 Å². The Kier molecular flexibility index (Phi) is 2.71. The molecular formula is C15H19N3. The quantitative estimate of drug-likeness (QED) is 0.893. The van der Waals surface area contributed by atoms with E-state index in [4.69, 9.17) is 5.73 Å². The number of nitrogens with two attached hydrogens (primary N) is 1. The van der Waals surface area contributed by atoms with Gasteiger partial charge in [-0.05, 0) is 37.3 Å². The highest BCUT2D eigenvalue weighted by Crippen LogP contribution is 2.47. The minimum atomic E-state index is 0.363. The standard InChI is InChI=1S/C15H19N3/c1-18-13(10-15(11-16)7-8-15)9-14(17-18)12-5-3-2-4-6-12/h2-6,9H,7-8,10-11,16H2,1H3. The Balaban J connectivity index is 1.87. The van der Waals surface area contributed by atoms with E-state index in [9.17, 15) is 0 Å². The highest BCUT2D eigenvalue weighted by Gasteiger charge is 2.41. The number of rotatable bonds is 4. The minimum Gasteiger partial charge on any atom is -0.330 e. The van der Waals surface area contributed by atoms with Crippen LogP contribution in [-0.2, 0) is 13.5 Å². The van der Waals surface area contributed by atoms with Gasteiger partial charge in [0.25, 0.3) is 0 Å². The van der Waals surface area contributed by atoms with E-state index < -0.39 is 0 Å². The third-order valence-electron chi connectivity index (χ3n) is 3.99. The molecule has 94 valence electrons. The molecule has 1 aliphatic carbocycles. The van der Waals surface area contributed by atoms with Gasteiger partial charge in [0, 0.05) is 18.3 Å². The fourth-order valence-corrected chi connectivity index (χ4v) is 2.44. The lowest BCUT2D eigenvalue weighted by atomic mass is 10.00. The van der Waals surface area contributed by atoms with E-state index in [0.717, 1.165) is 18.7 Å². The third kappa shape index (κ3) is 2.06. The van der Waals surface area contributed by atoms with Gasteiger partial charge in [-0.2, -0.15) is 5.10 Å². The molecule has 0 saturated heterocycles. The third-order valence-corrected chi connectivity index (χ3v) is 3.99. The van der Waals surface area contributed by atoms with Gasteiger partial charge in [0.1, 0.15) is 0 Å². The van der Waals surface area contributed by atoms with Crippen LogP contribution in [0, 0.1) is 5.41 Å². The Labute approximate surface area is 108 Å². The summed E-state index contributed by atoms with van der Waals surface area (Å²) in [4.78, 5) is 0. The molecule has 1 aliphatic rings. The molecule has 1 fully saturated rings. The van der Waals surface area contributed by atoms with Crippen LogP contribution in [0.5, 0.6) is 0 Å². The summed E-state index contributed by atoms with van der Waals surface area (Å²) in [7, 11) is 2.02. The average molecular weight is 241 g/mol. The summed E-state index contributed by atoms with van der Waals surface area (Å²) < 4.78 is 2.00. The van der Waals surface area contributed by atoms with Crippen LogP contribution < -0.4 is 5.73 Å². The van der Waals surface area contributed by atoms with Crippen molar-refractivity contribution in [3.05, 3.63) is 42.1 Å². The van der Waals surface area contributed by atoms with Crippen molar-refractivity contribution in [2.45, 2.75) is 19.3 Å². The number of aryl methyl sites for hydroxylation is 1. The Morgan fingerprint density at radius 3 is 2.61 bits per heavy atom. The van der Waals surface area contributed by atoms with Gasteiger partial charge in [-0.3, -0.25) is 4.68 Å². The maximum absolute atomic E-state index is 5.85. The Hall–Kier alpha value is -1.61. The monoisotopic (exact) mass is 241 g/mol. The molecule has 18 heavy (non-hydrogen) atoms. The smallest absolute Gasteiger partial charge is 0.0925 e. The molecule has 0 radical (unpaired) electrons. The van der Waals surface area contributed by atoms with E-state index in [1.54, 1.807) is 0 Å². The van der Waals surface area contributed by atoms with Crippen molar-refractivity contribution in [3.63, 3.8) is 0 Å². The van der Waals surface area contributed by atoms with Crippen molar-refractivity contribution >= 4 is 0 Å². The number of nitrogens with zero attached hydrogens (tertiary/aromatic N) is 2. The summed E-state index contributed by atoms with van der Waals surface area (Å²) >= 11 is 0. The lowest BCUT2D eigenvalue weighted by molar-refractivity contribution is 0.498. The first-order valence-corrected chi connectivity index (χ1v) is 6.51. The zero-order chi connectivity index (χ0) is 12.6. The summed E-state index contributed by atoms with van der Waals surface area (Å²) in [6, 6.07) is 12.5. The molecule has 3 nitrogen and oxygen atoms in total. The Morgan fingerprint density at radius 1 is 1.28 bits per heavy atom. The van der Waals surface area contributed by atoms with Crippen LogP contribution in [0.3, 0.4) is 0 Å². The lowest BCUT2D eigenvalue weighted by Crippen LogP contribution is -2.19. The van der Waals surface area contributed by atoms with Gasteiger partial charge in [-0.15, -0.1) is 0 Å². The zero-order valence-corrected chi connectivity index (χ0v) is 10.8. The number of aromatic nitrogens is 2. The number of hydrogen-bond donors (Lipinski definition) is 1.